The van der Waals surface area contributed by atoms with Crippen LogP contribution in [0.15, 0.2) is 47.4 Å². The lowest BCUT2D eigenvalue weighted by atomic mass is 10.1. The van der Waals surface area contributed by atoms with Crippen molar-refractivity contribution in [1.82, 2.24) is 4.90 Å². The maximum atomic E-state index is 12.9. The second kappa shape index (κ2) is 8.81. The molecule has 1 saturated heterocycles. The summed E-state index contributed by atoms with van der Waals surface area (Å²) >= 11 is 5.96. The number of nitrogens with one attached hydrogen (secondary N) is 1. The lowest BCUT2D eigenvalue weighted by Gasteiger charge is -2.27. The van der Waals surface area contributed by atoms with E-state index in [1.165, 1.54) is 25.3 Å². The zero-order valence-electron chi connectivity index (χ0n) is 15.6. The van der Waals surface area contributed by atoms with E-state index in [0.717, 1.165) is 6.07 Å². The molecule has 1 aliphatic heterocycles. The predicted molar refractivity (Wildman–Crippen MR) is 107 cm³/mol. The Hall–Kier alpha value is -2.62. The molecular formula is C19H19ClN2O6S. The average molecular weight is 439 g/mol. The molecule has 0 aliphatic carbocycles. The minimum Gasteiger partial charge on any atom is -0.465 e. The van der Waals surface area contributed by atoms with Crippen LogP contribution in [0.25, 0.3) is 0 Å². The Kier molecular flexibility index (Phi) is 6.41. The molecule has 29 heavy (non-hydrogen) atoms. The summed E-state index contributed by atoms with van der Waals surface area (Å²) in [5.74, 6) is -1.05. The topological polar surface area (TPSA) is 102 Å². The van der Waals surface area contributed by atoms with E-state index in [1.807, 2.05) is 0 Å². The third-order valence-corrected chi connectivity index (χ3v) is 6.05. The lowest BCUT2D eigenvalue weighted by molar-refractivity contribution is 0.0303. The molecule has 1 N–H and O–H groups in total. The quantitative estimate of drug-likeness (QED) is 0.719. The highest BCUT2D eigenvalue weighted by Crippen LogP contribution is 2.25. The van der Waals surface area contributed by atoms with Gasteiger partial charge < -0.3 is 14.4 Å². The van der Waals surface area contributed by atoms with Crippen molar-refractivity contribution in [3.63, 3.8) is 0 Å². The fraction of sp³-hybridized carbons (Fsp3) is 0.263. The van der Waals surface area contributed by atoms with Crippen LogP contribution in [0, 0.1) is 0 Å². The third-order valence-electron chi connectivity index (χ3n) is 4.35. The van der Waals surface area contributed by atoms with Crippen LogP contribution in [0.1, 0.15) is 20.7 Å². The van der Waals surface area contributed by atoms with Crippen molar-refractivity contribution < 1.29 is 27.5 Å². The van der Waals surface area contributed by atoms with Crippen molar-refractivity contribution in [2.75, 3.05) is 38.1 Å². The van der Waals surface area contributed by atoms with Gasteiger partial charge in [0.05, 0.1) is 47.1 Å². The zero-order chi connectivity index (χ0) is 21.0. The molecule has 154 valence electrons. The Labute approximate surface area is 173 Å². The van der Waals surface area contributed by atoms with Crippen LogP contribution in [-0.4, -0.2) is 58.6 Å². The summed E-state index contributed by atoms with van der Waals surface area (Å²) < 4.78 is 38.0. The van der Waals surface area contributed by atoms with Crippen molar-refractivity contribution in [1.29, 1.82) is 0 Å². The van der Waals surface area contributed by atoms with Gasteiger partial charge in [0.2, 0.25) is 0 Å². The molecule has 3 rings (SSSR count). The Morgan fingerprint density at radius 3 is 2.48 bits per heavy atom. The third kappa shape index (κ3) is 4.69. The molecule has 0 unspecified atom stereocenters. The number of morpholine rings is 1. The summed E-state index contributed by atoms with van der Waals surface area (Å²) in [4.78, 5) is 26.1. The molecule has 10 heteroatoms. The van der Waals surface area contributed by atoms with E-state index in [-0.39, 0.29) is 32.6 Å². The number of sulfonamides is 1. The number of hydrogen-bond acceptors (Lipinski definition) is 6. The molecule has 0 saturated carbocycles. The smallest absolute Gasteiger partial charge is 0.339 e. The summed E-state index contributed by atoms with van der Waals surface area (Å²) in [7, 11) is -2.92. The fourth-order valence-electron chi connectivity index (χ4n) is 2.84. The highest BCUT2D eigenvalue weighted by atomic mass is 35.5. The Morgan fingerprint density at radius 1 is 1.10 bits per heavy atom. The van der Waals surface area contributed by atoms with Crippen molar-refractivity contribution in [2.45, 2.75) is 4.90 Å². The molecule has 2 aromatic rings. The number of anilines is 1. The number of hydrogen-bond donors (Lipinski definition) is 1. The second-order valence-corrected chi connectivity index (χ2v) is 8.28. The standard InChI is InChI=1S/C19H19ClN2O6S/c1-27-19(24)15-12-13(6-7-16(15)20)29(25,26)21-17-5-3-2-4-14(17)18(23)22-8-10-28-11-9-22/h2-7,12,21H,8-11H2,1H3. The van der Waals surface area contributed by atoms with Gasteiger partial charge in [-0.05, 0) is 30.3 Å². The number of para-hydroxylation sites is 1. The van der Waals surface area contributed by atoms with Crippen LogP contribution in [0.4, 0.5) is 5.69 Å². The number of amides is 1. The van der Waals surface area contributed by atoms with Crippen molar-refractivity contribution in [3.05, 3.63) is 58.6 Å². The van der Waals surface area contributed by atoms with Gasteiger partial charge in [0.15, 0.2) is 0 Å². The summed E-state index contributed by atoms with van der Waals surface area (Å²) in [5, 5.41) is 0.0682. The van der Waals surface area contributed by atoms with Crippen LogP contribution in [-0.2, 0) is 19.5 Å². The number of halogens is 1. The molecule has 0 bridgehead atoms. The van der Waals surface area contributed by atoms with Crippen LogP contribution in [0.5, 0.6) is 0 Å². The molecule has 1 fully saturated rings. The molecule has 0 aromatic heterocycles. The van der Waals surface area contributed by atoms with E-state index in [0.29, 0.717) is 26.3 Å². The normalized spacial score (nSPS) is 14.3. The number of rotatable bonds is 5. The van der Waals surface area contributed by atoms with E-state index in [2.05, 4.69) is 9.46 Å². The van der Waals surface area contributed by atoms with E-state index in [1.54, 1.807) is 23.1 Å². The van der Waals surface area contributed by atoms with Crippen molar-refractivity contribution in [2.24, 2.45) is 0 Å². The lowest BCUT2D eigenvalue weighted by Crippen LogP contribution is -2.41. The number of nitrogens with zero attached hydrogens (tertiary/aromatic N) is 1. The van der Waals surface area contributed by atoms with E-state index in [9.17, 15) is 18.0 Å². The summed E-state index contributed by atoms with van der Waals surface area (Å²) in [5.41, 5.74) is 0.286. The maximum Gasteiger partial charge on any atom is 0.339 e. The number of benzene rings is 2. The second-order valence-electron chi connectivity index (χ2n) is 6.19. The molecule has 1 heterocycles. The van der Waals surface area contributed by atoms with Gasteiger partial charge in [0, 0.05) is 13.1 Å². The van der Waals surface area contributed by atoms with E-state index in [4.69, 9.17) is 16.3 Å². The summed E-state index contributed by atoms with van der Waals surface area (Å²) in [6.07, 6.45) is 0. The van der Waals surface area contributed by atoms with Gasteiger partial charge in [-0.2, -0.15) is 0 Å². The predicted octanol–water partition coefficient (Wildman–Crippen LogP) is 2.40. The van der Waals surface area contributed by atoms with Gasteiger partial charge in [-0.1, -0.05) is 23.7 Å². The monoisotopic (exact) mass is 438 g/mol. The van der Waals surface area contributed by atoms with Crippen LogP contribution in [0.3, 0.4) is 0 Å². The molecule has 0 atom stereocenters. The van der Waals surface area contributed by atoms with Crippen molar-refractivity contribution in [3.8, 4) is 0 Å². The Balaban J connectivity index is 1.92. The highest BCUT2D eigenvalue weighted by molar-refractivity contribution is 7.92. The first-order valence-corrected chi connectivity index (χ1v) is 10.6. The Bertz CT molecular complexity index is 1030. The van der Waals surface area contributed by atoms with Gasteiger partial charge in [0.1, 0.15) is 0 Å². The van der Waals surface area contributed by atoms with Crippen LogP contribution in [0.2, 0.25) is 5.02 Å². The largest absolute Gasteiger partial charge is 0.465 e. The van der Waals surface area contributed by atoms with Gasteiger partial charge in [-0.25, -0.2) is 13.2 Å². The minimum atomic E-state index is -4.09. The van der Waals surface area contributed by atoms with Gasteiger partial charge >= 0.3 is 5.97 Å². The zero-order valence-corrected chi connectivity index (χ0v) is 17.1. The molecule has 1 aliphatic rings. The number of carbonyl (C=O) groups is 2. The van der Waals surface area contributed by atoms with Gasteiger partial charge in [-0.3, -0.25) is 9.52 Å². The van der Waals surface area contributed by atoms with Crippen molar-refractivity contribution >= 4 is 39.2 Å². The minimum absolute atomic E-state index is 0.0682. The number of ether oxygens (including phenoxy) is 2. The van der Waals surface area contributed by atoms with Gasteiger partial charge in [0.25, 0.3) is 15.9 Å². The first-order valence-electron chi connectivity index (χ1n) is 8.70. The Morgan fingerprint density at radius 2 is 1.79 bits per heavy atom. The van der Waals surface area contributed by atoms with Crippen LogP contribution < -0.4 is 4.72 Å². The molecule has 1 amide bonds. The SMILES string of the molecule is COC(=O)c1cc(S(=O)(=O)Nc2ccccc2C(=O)N2CCOCC2)ccc1Cl. The fourth-order valence-corrected chi connectivity index (χ4v) is 4.14. The number of carbonyl (C=O) groups excluding carboxylic acids is 2. The average Bonchev–Trinajstić information content (AvgIpc) is 2.73. The molecule has 0 radical (unpaired) electrons. The van der Waals surface area contributed by atoms with E-state index < -0.39 is 16.0 Å². The summed E-state index contributed by atoms with van der Waals surface area (Å²) in [6.45, 7) is 1.72. The molecule has 0 spiro atoms. The molecule has 2 aromatic carbocycles. The first-order chi connectivity index (χ1) is 13.8. The van der Waals surface area contributed by atoms with Crippen LogP contribution >= 0.6 is 11.6 Å². The highest BCUT2D eigenvalue weighted by Gasteiger charge is 2.24. The van der Waals surface area contributed by atoms with Gasteiger partial charge in [-0.15, -0.1) is 0 Å². The maximum absolute atomic E-state index is 12.9. The molecular weight excluding hydrogens is 420 g/mol. The number of esters is 1. The number of methoxy groups -OCH3 is 1. The first kappa shape index (κ1) is 21.1. The molecule has 8 nitrogen and oxygen atoms in total. The summed E-state index contributed by atoms with van der Waals surface area (Å²) in [6, 6.07) is 10.0. The van der Waals surface area contributed by atoms with E-state index >= 15 is 0 Å².